The van der Waals surface area contributed by atoms with Crippen LogP contribution < -0.4 is 5.32 Å². The zero-order valence-electron chi connectivity index (χ0n) is 13.1. The van der Waals surface area contributed by atoms with Crippen molar-refractivity contribution in [1.29, 1.82) is 0 Å². The van der Waals surface area contributed by atoms with Crippen molar-refractivity contribution in [3.05, 3.63) is 34.1 Å². The minimum absolute atomic E-state index is 0. The minimum atomic E-state index is -0.523. The second-order valence-corrected chi connectivity index (χ2v) is 6.76. The molecule has 0 radical (unpaired) electrons. The SMILES string of the molecule is Cl.O=C(c1c(F)cccc1Br)N1CCCC(N2CCNCC2=O)C1. The van der Waals surface area contributed by atoms with Crippen LogP contribution in [0.5, 0.6) is 0 Å². The van der Waals surface area contributed by atoms with Crippen LogP contribution in [0.15, 0.2) is 22.7 Å². The lowest BCUT2D eigenvalue weighted by atomic mass is 10.0. The van der Waals surface area contributed by atoms with Crippen LogP contribution in [0.3, 0.4) is 0 Å². The number of carbonyl (C=O) groups is 2. The number of carbonyl (C=O) groups excluding carboxylic acids is 2. The molecule has 3 rings (SSSR count). The third-order valence-corrected chi connectivity index (χ3v) is 5.09. The van der Waals surface area contributed by atoms with Gasteiger partial charge in [0.1, 0.15) is 5.82 Å². The molecule has 1 unspecified atom stereocenters. The third-order valence-electron chi connectivity index (χ3n) is 4.43. The molecule has 0 bridgehead atoms. The molecule has 0 saturated carbocycles. The van der Waals surface area contributed by atoms with Crippen LogP contribution in [0.25, 0.3) is 0 Å². The molecule has 8 heteroatoms. The van der Waals surface area contributed by atoms with E-state index in [1.807, 2.05) is 4.90 Å². The number of rotatable bonds is 2. The number of likely N-dealkylation sites (tertiary alicyclic amines) is 1. The first-order valence-corrected chi connectivity index (χ1v) is 8.60. The summed E-state index contributed by atoms with van der Waals surface area (Å²) >= 11 is 3.26. The van der Waals surface area contributed by atoms with Crippen molar-refractivity contribution >= 4 is 40.2 Å². The van der Waals surface area contributed by atoms with Crippen molar-refractivity contribution in [2.24, 2.45) is 0 Å². The molecule has 0 spiro atoms. The van der Waals surface area contributed by atoms with Gasteiger partial charge in [-0.3, -0.25) is 9.59 Å². The Hall–Kier alpha value is -1.18. The van der Waals surface area contributed by atoms with Crippen molar-refractivity contribution in [2.75, 3.05) is 32.7 Å². The van der Waals surface area contributed by atoms with Crippen molar-refractivity contribution in [3.63, 3.8) is 0 Å². The molecule has 5 nitrogen and oxygen atoms in total. The van der Waals surface area contributed by atoms with Crippen LogP contribution >= 0.6 is 28.3 Å². The molecule has 2 heterocycles. The Morgan fingerprint density at radius 2 is 2.12 bits per heavy atom. The van der Waals surface area contributed by atoms with Gasteiger partial charge in [-0.2, -0.15) is 0 Å². The smallest absolute Gasteiger partial charge is 0.258 e. The fraction of sp³-hybridized carbons (Fsp3) is 0.500. The molecule has 1 N–H and O–H groups in total. The van der Waals surface area contributed by atoms with E-state index < -0.39 is 5.82 Å². The fourth-order valence-corrected chi connectivity index (χ4v) is 3.77. The molecule has 1 aromatic carbocycles. The van der Waals surface area contributed by atoms with Gasteiger partial charge in [-0.25, -0.2) is 4.39 Å². The predicted molar refractivity (Wildman–Crippen MR) is 94.9 cm³/mol. The highest BCUT2D eigenvalue weighted by Gasteiger charge is 2.33. The molecular formula is C16H20BrClFN3O2. The number of hydrogen-bond donors (Lipinski definition) is 1. The van der Waals surface area contributed by atoms with Crippen LogP contribution in [0.2, 0.25) is 0 Å². The maximum Gasteiger partial charge on any atom is 0.258 e. The van der Waals surface area contributed by atoms with Crippen LogP contribution in [0, 0.1) is 5.82 Å². The maximum absolute atomic E-state index is 14.0. The Balaban J connectivity index is 0.00000208. The van der Waals surface area contributed by atoms with Crippen molar-refractivity contribution in [3.8, 4) is 0 Å². The van der Waals surface area contributed by atoms with E-state index in [2.05, 4.69) is 21.2 Å². The fourth-order valence-electron chi connectivity index (χ4n) is 3.26. The predicted octanol–water partition coefficient (Wildman–Crippen LogP) is 2.05. The Bertz CT molecular complexity index is 611. The van der Waals surface area contributed by atoms with E-state index in [-0.39, 0.29) is 35.8 Å². The number of halogens is 3. The van der Waals surface area contributed by atoms with Gasteiger partial charge in [-0.15, -0.1) is 12.4 Å². The quantitative estimate of drug-likeness (QED) is 0.797. The number of benzene rings is 1. The summed E-state index contributed by atoms with van der Waals surface area (Å²) in [6.45, 7) is 2.84. The Labute approximate surface area is 155 Å². The molecule has 2 amide bonds. The number of amides is 2. The summed E-state index contributed by atoms with van der Waals surface area (Å²) in [5.41, 5.74) is 0.0692. The van der Waals surface area contributed by atoms with Gasteiger partial charge in [0.05, 0.1) is 12.1 Å². The lowest BCUT2D eigenvalue weighted by Crippen LogP contribution is -2.57. The molecule has 132 valence electrons. The van der Waals surface area contributed by atoms with Crippen LogP contribution in [-0.2, 0) is 4.79 Å². The number of piperazine rings is 1. The molecule has 0 aromatic heterocycles. The summed E-state index contributed by atoms with van der Waals surface area (Å²) < 4.78 is 14.5. The highest BCUT2D eigenvalue weighted by Crippen LogP contribution is 2.24. The van der Waals surface area contributed by atoms with Crippen LogP contribution in [0.1, 0.15) is 23.2 Å². The Kier molecular flexibility index (Phi) is 6.60. The van der Waals surface area contributed by atoms with Crippen LogP contribution in [0.4, 0.5) is 4.39 Å². The zero-order chi connectivity index (χ0) is 16.4. The van der Waals surface area contributed by atoms with Gasteiger partial charge in [0, 0.05) is 36.7 Å². The number of hydrogen-bond acceptors (Lipinski definition) is 3. The lowest BCUT2D eigenvalue weighted by molar-refractivity contribution is -0.135. The third kappa shape index (κ3) is 3.90. The van der Waals surface area contributed by atoms with Crippen molar-refractivity contribution < 1.29 is 14.0 Å². The van der Waals surface area contributed by atoms with Crippen LogP contribution in [-0.4, -0.2) is 60.4 Å². The van der Waals surface area contributed by atoms with E-state index in [9.17, 15) is 14.0 Å². The second-order valence-electron chi connectivity index (χ2n) is 5.91. The number of nitrogens with zero attached hydrogens (tertiary/aromatic N) is 2. The van der Waals surface area contributed by atoms with E-state index in [0.717, 1.165) is 19.4 Å². The summed E-state index contributed by atoms with van der Waals surface area (Å²) in [4.78, 5) is 28.2. The normalized spacial score (nSPS) is 21.4. The highest BCUT2D eigenvalue weighted by atomic mass is 79.9. The lowest BCUT2D eigenvalue weighted by Gasteiger charge is -2.41. The first-order valence-electron chi connectivity index (χ1n) is 7.81. The van der Waals surface area contributed by atoms with Gasteiger partial charge in [-0.1, -0.05) is 6.07 Å². The van der Waals surface area contributed by atoms with E-state index in [1.54, 1.807) is 17.0 Å². The van der Waals surface area contributed by atoms with Gasteiger partial charge in [0.25, 0.3) is 5.91 Å². The average Bonchev–Trinajstić information content (AvgIpc) is 2.55. The van der Waals surface area contributed by atoms with Gasteiger partial charge in [0.15, 0.2) is 0 Å². The number of nitrogens with one attached hydrogen (secondary N) is 1. The largest absolute Gasteiger partial charge is 0.336 e. The Morgan fingerprint density at radius 1 is 1.33 bits per heavy atom. The van der Waals surface area contributed by atoms with Crippen molar-refractivity contribution in [1.82, 2.24) is 15.1 Å². The van der Waals surface area contributed by atoms with E-state index in [0.29, 0.717) is 30.7 Å². The van der Waals surface area contributed by atoms with Gasteiger partial charge in [-0.05, 0) is 40.9 Å². The standard InChI is InChI=1S/C16H19BrFN3O2.ClH/c17-12-4-1-5-13(18)15(12)16(23)20-7-2-3-11(10-20)21-8-6-19-9-14(21)22;/h1,4-5,11,19H,2-3,6-10H2;1H. The van der Waals surface area contributed by atoms with E-state index in [1.165, 1.54) is 6.07 Å². The number of piperidine rings is 1. The first kappa shape index (κ1) is 19.1. The van der Waals surface area contributed by atoms with Gasteiger partial charge in [0.2, 0.25) is 5.91 Å². The second kappa shape index (κ2) is 8.27. The monoisotopic (exact) mass is 419 g/mol. The zero-order valence-corrected chi connectivity index (χ0v) is 15.5. The summed E-state index contributed by atoms with van der Waals surface area (Å²) in [6, 6.07) is 4.54. The molecule has 1 atom stereocenters. The van der Waals surface area contributed by atoms with E-state index >= 15 is 0 Å². The molecule has 2 fully saturated rings. The summed E-state index contributed by atoms with van der Waals surface area (Å²) in [6.07, 6.45) is 1.70. The average molecular weight is 421 g/mol. The molecule has 2 aliphatic rings. The topological polar surface area (TPSA) is 52.7 Å². The minimum Gasteiger partial charge on any atom is -0.336 e. The molecule has 24 heavy (non-hydrogen) atoms. The molecule has 2 aliphatic heterocycles. The van der Waals surface area contributed by atoms with E-state index in [4.69, 9.17) is 0 Å². The van der Waals surface area contributed by atoms with Crippen molar-refractivity contribution in [2.45, 2.75) is 18.9 Å². The van der Waals surface area contributed by atoms with Gasteiger partial charge < -0.3 is 15.1 Å². The summed E-state index contributed by atoms with van der Waals surface area (Å²) in [5, 5.41) is 3.05. The molecule has 0 aliphatic carbocycles. The molecule has 2 saturated heterocycles. The summed E-state index contributed by atoms with van der Waals surface area (Å²) in [5.74, 6) is -0.769. The first-order chi connectivity index (χ1) is 11.1. The Morgan fingerprint density at radius 3 is 2.83 bits per heavy atom. The molecular weight excluding hydrogens is 401 g/mol. The molecule has 1 aromatic rings. The van der Waals surface area contributed by atoms with Gasteiger partial charge >= 0.3 is 0 Å². The maximum atomic E-state index is 14.0. The summed E-state index contributed by atoms with van der Waals surface area (Å²) in [7, 11) is 0. The highest BCUT2D eigenvalue weighted by molar-refractivity contribution is 9.10.